The normalized spacial score (nSPS) is 18.1. The molecule has 0 bridgehead atoms. The van der Waals surface area contributed by atoms with E-state index >= 15 is 0 Å². The Morgan fingerprint density at radius 1 is 1.45 bits per heavy atom. The van der Waals surface area contributed by atoms with Crippen LogP contribution in [-0.2, 0) is 9.53 Å². The van der Waals surface area contributed by atoms with Crippen molar-refractivity contribution >= 4 is 5.91 Å². The minimum atomic E-state index is -0.281. The second-order valence-corrected chi connectivity index (χ2v) is 5.94. The Morgan fingerprint density at radius 3 is 2.77 bits per heavy atom. The average Bonchev–Trinajstić information content (AvgIpc) is 3.04. The maximum Gasteiger partial charge on any atom is 0.223 e. The summed E-state index contributed by atoms with van der Waals surface area (Å²) in [5.74, 6) is -0.00504. The summed E-state index contributed by atoms with van der Waals surface area (Å²) in [6.07, 6.45) is 4.40. The lowest BCUT2D eigenvalue weighted by molar-refractivity contribution is -0.124. The lowest BCUT2D eigenvalue weighted by Gasteiger charge is -2.26. The highest BCUT2D eigenvalue weighted by Gasteiger charge is 2.28. The van der Waals surface area contributed by atoms with Gasteiger partial charge in [-0.2, -0.15) is 0 Å². The first kappa shape index (κ1) is 16.9. The highest BCUT2D eigenvalue weighted by molar-refractivity contribution is 5.77. The molecule has 22 heavy (non-hydrogen) atoms. The molecule has 0 saturated heterocycles. The first-order valence-corrected chi connectivity index (χ1v) is 7.91. The van der Waals surface area contributed by atoms with Crippen LogP contribution >= 0.6 is 0 Å². The van der Waals surface area contributed by atoms with Crippen molar-refractivity contribution in [1.29, 1.82) is 0 Å². The predicted octanol–water partition coefficient (Wildman–Crippen LogP) is 2.54. The largest absolute Gasteiger partial charge is 0.380 e. The number of methoxy groups -OCH3 is 1. The van der Waals surface area contributed by atoms with Crippen molar-refractivity contribution in [1.82, 2.24) is 5.32 Å². The number of hydrogen-bond donors (Lipinski definition) is 2. The molecule has 5 heteroatoms. The molecule has 0 aliphatic heterocycles. The van der Waals surface area contributed by atoms with Crippen molar-refractivity contribution in [2.75, 3.05) is 13.7 Å². The molecule has 1 fully saturated rings. The van der Waals surface area contributed by atoms with E-state index in [1.807, 2.05) is 6.07 Å². The second-order valence-electron chi connectivity index (χ2n) is 5.94. The topological polar surface area (TPSA) is 64.3 Å². The lowest BCUT2D eigenvalue weighted by Crippen LogP contribution is -2.36. The van der Waals surface area contributed by atoms with Gasteiger partial charge >= 0.3 is 0 Å². The smallest absolute Gasteiger partial charge is 0.223 e. The maximum atomic E-state index is 13.5. The molecule has 122 valence electrons. The van der Waals surface area contributed by atoms with E-state index in [0.717, 1.165) is 31.2 Å². The number of amides is 1. The summed E-state index contributed by atoms with van der Waals surface area (Å²) >= 11 is 0. The molecular formula is C17H25FN2O2. The number of benzene rings is 1. The number of rotatable bonds is 7. The Kier molecular flexibility index (Phi) is 6.34. The van der Waals surface area contributed by atoms with Crippen LogP contribution in [-0.4, -0.2) is 25.7 Å². The van der Waals surface area contributed by atoms with E-state index in [0.29, 0.717) is 12.5 Å². The molecule has 0 radical (unpaired) electrons. The molecule has 2 unspecified atom stereocenters. The maximum absolute atomic E-state index is 13.5. The molecule has 0 spiro atoms. The molecule has 1 aliphatic rings. The summed E-state index contributed by atoms with van der Waals surface area (Å²) in [7, 11) is 1.55. The molecule has 3 N–H and O–H groups in total. The third kappa shape index (κ3) is 4.52. The van der Waals surface area contributed by atoms with Gasteiger partial charge in [-0.1, -0.05) is 25.0 Å². The fraction of sp³-hybridized carbons (Fsp3) is 0.588. The highest BCUT2D eigenvalue weighted by atomic mass is 19.1. The molecule has 0 heterocycles. The molecule has 1 aromatic rings. The summed E-state index contributed by atoms with van der Waals surface area (Å²) in [5.41, 5.74) is 6.40. The molecule has 1 aromatic carbocycles. The van der Waals surface area contributed by atoms with Gasteiger partial charge in [0.2, 0.25) is 5.91 Å². The standard InChI is InChI=1S/C17H25FN2O2/c1-22-15(11-19)10-16(21)20-17(12-5-2-3-6-12)13-7-4-8-14(18)9-13/h4,7-9,12,15,17H,2-3,5-6,10-11,19H2,1H3,(H,20,21). The summed E-state index contributed by atoms with van der Waals surface area (Å²) in [6.45, 7) is 0.304. The molecule has 1 aliphatic carbocycles. The van der Waals surface area contributed by atoms with E-state index < -0.39 is 0 Å². The van der Waals surface area contributed by atoms with Crippen molar-refractivity contribution in [3.05, 3.63) is 35.6 Å². The Labute approximate surface area is 131 Å². The summed E-state index contributed by atoms with van der Waals surface area (Å²) in [4.78, 5) is 12.3. The zero-order valence-corrected chi connectivity index (χ0v) is 13.1. The Bertz CT molecular complexity index is 485. The van der Waals surface area contributed by atoms with Crippen LogP contribution in [0.5, 0.6) is 0 Å². The van der Waals surface area contributed by atoms with Crippen LogP contribution in [0.3, 0.4) is 0 Å². The third-order valence-electron chi connectivity index (χ3n) is 4.40. The summed E-state index contributed by atoms with van der Waals surface area (Å²) in [5, 5.41) is 3.06. The second kappa shape index (κ2) is 8.25. The summed E-state index contributed by atoms with van der Waals surface area (Å²) < 4.78 is 18.7. The molecular weight excluding hydrogens is 283 g/mol. The number of carbonyl (C=O) groups is 1. The van der Waals surface area contributed by atoms with E-state index in [4.69, 9.17) is 10.5 Å². The van der Waals surface area contributed by atoms with Crippen molar-refractivity contribution in [3.8, 4) is 0 Å². The van der Waals surface area contributed by atoms with E-state index in [2.05, 4.69) is 5.32 Å². The Balaban J connectivity index is 2.09. The zero-order chi connectivity index (χ0) is 15.9. The van der Waals surface area contributed by atoms with Crippen molar-refractivity contribution < 1.29 is 13.9 Å². The van der Waals surface area contributed by atoms with Crippen LogP contribution < -0.4 is 11.1 Å². The van der Waals surface area contributed by atoms with Gasteiger partial charge in [-0.15, -0.1) is 0 Å². The Morgan fingerprint density at radius 2 is 2.18 bits per heavy atom. The molecule has 0 aromatic heterocycles. The van der Waals surface area contributed by atoms with Gasteiger partial charge in [0.15, 0.2) is 0 Å². The number of hydrogen-bond acceptors (Lipinski definition) is 3. The van der Waals surface area contributed by atoms with Crippen LogP contribution in [0.2, 0.25) is 0 Å². The number of carbonyl (C=O) groups excluding carboxylic acids is 1. The lowest BCUT2D eigenvalue weighted by atomic mass is 9.91. The zero-order valence-electron chi connectivity index (χ0n) is 13.1. The van der Waals surface area contributed by atoms with Gasteiger partial charge in [-0.05, 0) is 36.5 Å². The van der Waals surface area contributed by atoms with E-state index in [1.54, 1.807) is 13.2 Å². The molecule has 2 atom stereocenters. The molecule has 1 saturated carbocycles. The first-order chi connectivity index (χ1) is 10.6. The minimum absolute atomic E-state index is 0.0986. The number of ether oxygens (including phenoxy) is 1. The fourth-order valence-electron chi connectivity index (χ4n) is 3.17. The highest BCUT2D eigenvalue weighted by Crippen LogP contribution is 2.36. The van der Waals surface area contributed by atoms with Crippen LogP contribution in [0, 0.1) is 11.7 Å². The predicted molar refractivity (Wildman–Crippen MR) is 83.7 cm³/mol. The van der Waals surface area contributed by atoms with Crippen LogP contribution in [0.1, 0.15) is 43.7 Å². The molecule has 2 rings (SSSR count). The van der Waals surface area contributed by atoms with Gasteiger partial charge in [0.05, 0.1) is 18.6 Å². The van der Waals surface area contributed by atoms with Crippen LogP contribution in [0.25, 0.3) is 0 Å². The average molecular weight is 308 g/mol. The third-order valence-corrected chi connectivity index (χ3v) is 4.40. The Hall–Kier alpha value is -1.46. The van der Waals surface area contributed by atoms with Crippen molar-refractivity contribution in [2.24, 2.45) is 11.7 Å². The van der Waals surface area contributed by atoms with Gasteiger partial charge in [0.1, 0.15) is 5.82 Å². The first-order valence-electron chi connectivity index (χ1n) is 7.91. The van der Waals surface area contributed by atoms with Gasteiger partial charge < -0.3 is 15.8 Å². The van der Waals surface area contributed by atoms with Crippen LogP contribution in [0.15, 0.2) is 24.3 Å². The van der Waals surface area contributed by atoms with Gasteiger partial charge in [0.25, 0.3) is 0 Å². The molecule has 1 amide bonds. The number of nitrogens with two attached hydrogens (primary N) is 1. The minimum Gasteiger partial charge on any atom is -0.380 e. The van der Waals surface area contributed by atoms with E-state index in [-0.39, 0.29) is 30.3 Å². The van der Waals surface area contributed by atoms with Gasteiger partial charge in [-0.25, -0.2) is 4.39 Å². The monoisotopic (exact) mass is 308 g/mol. The number of halogens is 1. The van der Waals surface area contributed by atoms with E-state index in [9.17, 15) is 9.18 Å². The molecule has 4 nitrogen and oxygen atoms in total. The van der Waals surface area contributed by atoms with Gasteiger partial charge in [0, 0.05) is 13.7 Å². The summed E-state index contributed by atoms with van der Waals surface area (Å²) in [6, 6.07) is 6.37. The van der Waals surface area contributed by atoms with Crippen LogP contribution in [0.4, 0.5) is 4.39 Å². The van der Waals surface area contributed by atoms with E-state index in [1.165, 1.54) is 12.1 Å². The SMILES string of the molecule is COC(CN)CC(=O)NC(c1cccc(F)c1)C1CCCC1. The van der Waals surface area contributed by atoms with Crippen molar-refractivity contribution in [3.63, 3.8) is 0 Å². The van der Waals surface area contributed by atoms with Crippen molar-refractivity contribution in [2.45, 2.75) is 44.2 Å². The number of nitrogens with one attached hydrogen (secondary N) is 1. The fourth-order valence-corrected chi connectivity index (χ4v) is 3.17. The van der Waals surface area contributed by atoms with Gasteiger partial charge in [-0.3, -0.25) is 4.79 Å². The quantitative estimate of drug-likeness (QED) is 0.813.